The molecule has 27 heavy (non-hydrogen) atoms. The molecule has 5 nitrogen and oxygen atoms in total. The van der Waals surface area contributed by atoms with E-state index in [0.717, 1.165) is 41.0 Å². The minimum atomic E-state index is -0.601. The highest BCUT2D eigenvalue weighted by Crippen LogP contribution is 2.46. The summed E-state index contributed by atoms with van der Waals surface area (Å²) in [6.07, 6.45) is 2.09. The van der Waals surface area contributed by atoms with E-state index in [1.165, 1.54) is 5.56 Å². The summed E-state index contributed by atoms with van der Waals surface area (Å²) in [5.41, 5.74) is 4.37. The van der Waals surface area contributed by atoms with Crippen LogP contribution in [-0.2, 0) is 22.4 Å². The van der Waals surface area contributed by atoms with Crippen molar-refractivity contribution >= 4 is 5.97 Å². The lowest BCUT2D eigenvalue weighted by atomic mass is 9.90. The third kappa shape index (κ3) is 4.23. The number of carbonyl (C=O) groups excluding carboxylic acids is 1. The van der Waals surface area contributed by atoms with Gasteiger partial charge in [0.2, 0.25) is 0 Å². The van der Waals surface area contributed by atoms with Gasteiger partial charge in [-0.15, -0.1) is 0 Å². The maximum atomic E-state index is 11.6. The van der Waals surface area contributed by atoms with E-state index >= 15 is 0 Å². The monoisotopic (exact) mass is 376 g/mol. The van der Waals surface area contributed by atoms with E-state index in [-0.39, 0.29) is 30.2 Å². The number of carbonyl (C=O) groups is 1. The number of ether oxygens (including phenoxy) is 3. The van der Waals surface area contributed by atoms with Gasteiger partial charge in [-0.3, -0.25) is 4.79 Å². The molecule has 0 bridgehead atoms. The van der Waals surface area contributed by atoms with Gasteiger partial charge >= 0.3 is 5.97 Å². The number of cyclic esters (lactones) is 1. The van der Waals surface area contributed by atoms with Crippen LogP contribution in [0, 0.1) is 13.8 Å². The fourth-order valence-electron chi connectivity index (χ4n) is 4.21. The number of fused-ring (bicyclic) bond motifs is 1. The van der Waals surface area contributed by atoms with Crippen molar-refractivity contribution in [1.29, 1.82) is 0 Å². The summed E-state index contributed by atoms with van der Waals surface area (Å²) in [5, 5.41) is 9.86. The lowest BCUT2D eigenvalue weighted by Gasteiger charge is -2.27. The fraction of sp³-hybridized carbons (Fsp3) is 0.682. The quantitative estimate of drug-likeness (QED) is 0.792. The maximum absolute atomic E-state index is 11.6. The highest BCUT2D eigenvalue weighted by molar-refractivity contribution is 5.71. The van der Waals surface area contributed by atoms with E-state index in [2.05, 4.69) is 27.7 Å². The summed E-state index contributed by atoms with van der Waals surface area (Å²) in [6, 6.07) is 0. The second kappa shape index (κ2) is 7.34. The molecule has 2 heterocycles. The lowest BCUT2D eigenvalue weighted by Crippen LogP contribution is -2.32. The minimum Gasteiger partial charge on any atom is -0.490 e. The fourth-order valence-corrected chi connectivity index (χ4v) is 4.21. The van der Waals surface area contributed by atoms with E-state index in [0.29, 0.717) is 12.8 Å². The van der Waals surface area contributed by atoms with Crippen LogP contribution in [0.2, 0.25) is 0 Å². The zero-order valence-corrected chi connectivity index (χ0v) is 17.3. The van der Waals surface area contributed by atoms with Gasteiger partial charge in [-0.2, -0.15) is 0 Å². The van der Waals surface area contributed by atoms with E-state index < -0.39 is 6.10 Å². The average Bonchev–Trinajstić information content (AvgIpc) is 2.86. The molecule has 2 atom stereocenters. The number of esters is 1. The molecule has 2 aliphatic heterocycles. The number of benzene rings is 1. The second-order valence-corrected chi connectivity index (χ2v) is 8.81. The molecule has 150 valence electrons. The molecule has 1 aromatic carbocycles. The molecule has 0 aromatic heterocycles. The molecule has 3 rings (SSSR count). The number of aliphatic hydroxyl groups excluding tert-OH is 1. The summed E-state index contributed by atoms with van der Waals surface area (Å²) in [7, 11) is 0. The standard InChI is InChI=1S/C22H32O5/c1-12(2)25-20-13(3)17(8-7-16-9-15(23)10-19(24)26-16)21-18(14(20)4)11-22(5,6)27-21/h12,15-16,23H,7-11H2,1-6H3/t15-,16-/m1/s1. The predicted octanol–water partition coefficient (Wildman–Crippen LogP) is 3.80. The van der Waals surface area contributed by atoms with Crippen molar-refractivity contribution in [2.75, 3.05) is 0 Å². The van der Waals surface area contributed by atoms with Gasteiger partial charge in [0.15, 0.2) is 0 Å². The van der Waals surface area contributed by atoms with Crippen molar-refractivity contribution in [1.82, 2.24) is 0 Å². The Kier molecular flexibility index (Phi) is 5.44. The van der Waals surface area contributed by atoms with Crippen LogP contribution in [0.1, 0.15) is 69.2 Å². The number of rotatable bonds is 5. The largest absolute Gasteiger partial charge is 0.490 e. The Hall–Kier alpha value is -1.75. The van der Waals surface area contributed by atoms with Crippen molar-refractivity contribution in [3.8, 4) is 11.5 Å². The summed E-state index contributed by atoms with van der Waals surface area (Å²) in [5.74, 6) is 1.60. The van der Waals surface area contributed by atoms with Crippen LogP contribution in [0.25, 0.3) is 0 Å². The molecule has 2 aliphatic rings. The normalized spacial score (nSPS) is 23.8. The molecule has 0 saturated carbocycles. The minimum absolute atomic E-state index is 0.0954. The Morgan fingerprint density at radius 1 is 1.26 bits per heavy atom. The average molecular weight is 376 g/mol. The van der Waals surface area contributed by atoms with Crippen molar-refractivity contribution in [3.63, 3.8) is 0 Å². The smallest absolute Gasteiger partial charge is 0.308 e. The molecule has 1 fully saturated rings. The summed E-state index contributed by atoms with van der Waals surface area (Å²) >= 11 is 0. The first-order valence-corrected chi connectivity index (χ1v) is 9.95. The summed E-state index contributed by atoms with van der Waals surface area (Å²) in [4.78, 5) is 11.6. The molecule has 0 amide bonds. The number of hydrogen-bond acceptors (Lipinski definition) is 5. The van der Waals surface area contributed by atoms with Gasteiger partial charge in [0.05, 0.1) is 18.6 Å². The van der Waals surface area contributed by atoms with Gasteiger partial charge in [0, 0.05) is 24.0 Å². The molecule has 1 N–H and O–H groups in total. The Morgan fingerprint density at radius 2 is 1.96 bits per heavy atom. The van der Waals surface area contributed by atoms with E-state index in [1.54, 1.807) is 0 Å². The van der Waals surface area contributed by atoms with Crippen LogP contribution in [0.5, 0.6) is 11.5 Å². The molecule has 0 spiro atoms. The molecule has 0 radical (unpaired) electrons. The molecule has 1 aromatic rings. The van der Waals surface area contributed by atoms with Crippen molar-refractivity contribution < 1.29 is 24.1 Å². The van der Waals surface area contributed by atoms with Crippen LogP contribution >= 0.6 is 0 Å². The Labute approximate surface area is 162 Å². The molecule has 5 heteroatoms. The van der Waals surface area contributed by atoms with Crippen molar-refractivity contribution in [3.05, 3.63) is 22.3 Å². The Morgan fingerprint density at radius 3 is 2.59 bits per heavy atom. The van der Waals surface area contributed by atoms with Crippen LogP contribution in [0.3, 0.4) is 0 Å². The van der Waals surface area contributed by atoms with E-state index in [1.807, 2.05) is 13.8 Å². The molecule has 1 saturated heterocycles. The van der Waals surface area contributed by atoms with Gasteiger partial charge in [-0.25, -0.2) is 0 Å². The van der Waals surface area contributed by atoms with Crippen LogP contribution in [0.15, 0.2) is 0 Å². The van der Waals surface area contributed by atoms with Gasteiger partial charge in [-0.05, 0) is 65.5 Å². The van der Waals surface area contributed by atoms with Gasteiger partial charge in [0.25, 0.3) is 0 Å². The Bertz CT molecular complexity index is 731. The molecular weight excluding hydrogens is 344 g/mol. The highest BCUT2D eigenvalue weighted by atomic mass is 16.5. The first-order chi connectivity index (χ1) is 12.6. The topological polar surface area (TPSA) is 65.0 Å². The van der Waals surface area contributed by atoms with Gasteiger partial charge < -0.3 is 19.3 Å². The first kappa shape index (κ1) is 20.0. The predicted molar refractivity (Wildman–Crippen MR) is 104 cm³/mol. The summed E-state index contributed by atoms with van der Waals surface area (Å²) in [6.45, 7) is 12.5. The molecular formula is C22H32O5. The molecule has 0 unspecified atom stereocenters. The third-order valence-electron chi connectivity index (χ3n) is 5.42. The zero-order valence-electron chi connectivity index (χ0n) is 17.3. The van der Waals surface area contributed by atoms with Crippen molar-refractivity contribution in [2.45, 2.75) is 97.6 Å². The van der Waals surface area contributed by atoms with Crippen LogP contribution < -0.4 is 9.47 Å². The lowest BCUT2D eigenvalue weighted by molar-refractivity contribution is -0.160. The highest BCUT2D eigenvalue weighted by Gasteiger charge is 2.36. The van der Waals surface area contributed by atoms with Gasteiger partial charge in [0.1, 0.15) is 23.2 Å². The van der Waals surface area contributed by atoms with Crippen LogP contribution in [0.4, 0.5) is 0 Å². The second-order valence-electron chi connectivity index (χ2n) is 8.81. The first-order valence-electron chi connectivity index (χ1n) is 9.95. The summed E-state index contributed by atoms with van der Waals surface area (Å²) < 4.78 is 17.9. The molecule has 0 aliphatic carbocycles. The van der Waals surface area contributed by atoms with Crippen molar-refractivity contribution in [2.24, 2.45) is 0 Å². The van der Waals surface area contributed by atoms with E-state index in [9.17, 15) is 9.90 Å². The van der Waals surface area contributed by atoms with E-state index in [4.69, 9.17) is 14.2 Å². The van der Waals surface area contributed by atoms with Crippen LogP contribution in [-0.4, -0.2) is 35.0 Å². The Balaban J connectivity index is 1.92. The zero-order chi connectivity index (χ0) is 19.9. The number of hydrogen-bond donors (Lipinski definition) is 1. The van der Waals surface area contributed by atoms with Gasteiger partial charge in [-0.1, -0.05) is 0 Å². The SMILES string of the molecule is Cc1c(CC[C@@H]2C[C@@H](O)CC(=O)O2)c2c(c(C)c1OC(C)C)CC(C)(C)O2. The third-order valence-corrected chi connectivity index (χ3v) is 5.42. The maximum Gasteiger partial charge on any atom is 0.308 e. The number of aliphatic hydroxyl groups is 1.